The monoisotopic (exact) mass is 369 g/mol. The first kappa shape index (κ1) is 20.2. The van der Waals surface area contributed by atoms with E-state index in [9.17, 15) is 4.79 Å². The van der Waals surface area contributed by atoms with E-state index in [2.05, 4.69) is 45.0 Å². The molecule has 0 radical (unpaired) electrons. The Bertz CT molecular complexity index is 732. The Morgan fingerprint density at radius 1 is 1.22 bits per heavy atom. The third kappa shape index (κ3) is 6.97. The molecule has 27 heavy (non-hydrogen) atoms. The molecule has 144 valence electrons. The zero-order chi connectivity index (χ0) is 19.5. The predicted molar refractivity (Wildman–Crippen MR) is 108 cm³/mol. The first-order valence-corrected chi connectivity index (χ1v) is 8.90. The summed E-state index contributed by atoms with van der Waals surface area (Å²) in [6.45, 7) is 3.06. The highest BCUT2D eigenvalue weighted by molar-refractivity contribution is 5.94. The highest BCUT2D eigenvalue weighted by Gasteiger charge is 2.07. The van der Waals surface area contributed by atoms with Crippen molar-refractivity contribution in [2.45, 2.75) is 19.3 Å². The van der Waals surface area contributed by atoms with Crippen LogP contribution in [0.5, 0.6) is 5.75 Å². The predicted octanol–water partition coefficient (Wildman–Crippen LogP) is 2.39. The number of rotatable bonds is 8. The Kier molecular flexibility index (Phi) is 8.09. The van der Waals surface area contributed by atoms with Crippen molar-refractivity contribution < 1.29 is 9.53 Å². The van der Waals surface area contributed by atoms with Gasteiger partial charge >= 0.3 is 0 Å². The number of carbonyl (C=O) groups excluding carboxylic acids is 1. The maximum Gasteiger partial charge on any atom is 0.243 e. The first-order valence-electron chi connectivity index (χ1n) is 8.90. The van der Waals surface area contributed by atoms with Crippen LogP contribution in [0.3, 0.4) is 0 Å². The zero-order valence-corrected chi connectivity index (χ0v) is 16.0. The van der Waals surface area contributed by atoms with Crippen LogP contribution in [0.2, 0.25) is 0 Å². The number of methoxy groups -OCH3 is 1. The van der Waals surface area contributed by atoms with Crippen molar-refractivity contribution in [3.05, 3.63) is 54.4 Å². The summed E-state index contributed by atoms with van der Waals surface area (Å²) >= 11 is 0. The number of pyridine rings is 1. The molecule has 1 atom stereocenters. The summed E-state index contributed by atoms with van der Waals surface area (Å²) in [5, 5.41) is 9.01. The average Bonchev–Trinajstić information content (AvgIpc) is 2.71. The van der Waals surface area contributed by atoms with Crippen molar-refractivity contribution in [2.24, 2.45) is 4.99 Å². The Morgan fingerprint density at radius 2 is 2.00 bits per heavy atom. The van der Waals surface area contributed by atoms with Gasteiger partial charge < -0.3 is 20.7 Å². The third-order valence-corrected chi connectivity index (χ3v) is 4.14. The number of hydrogen-bond acceptors (Lipinski definition) is 4. The molecule has 1 unspecified atom stereocenters. The second kappa shape index (κ2) is 10.8. The zero-order valence-electron chi connectivity index (χ0n) is 16.0. The lowest BCUT2D eigenvalue weighted by molar-refractivity contribution is -0.115. The van der Waals surface area contributed by atoms with Crippen molar-refractivity contribution in [1.29, 1.82) is 0 Å². The van der Waals surface area contributed by atoms with E-state index in [1.165, 1.54) is 5.56 Å². The number of benzene rings is 1. The molecule has 1 heterocycles. The minimum atomic E-state index is -0.155. The van der Waals surface area contributed by atoms with Gasteiger partial charge in [0.05, 0.1) is 25.5 Å². The van der Waals surface area contributed by atoms with Gasteiger partial charge in [-0.25, -0.2) is 0 Å². The molecule has 7 heteroatoms. The molecular formula is C20H27N5O2. The van der Waals surface area contributed by atoms with Crippen molar-refractivity contribution in [3.8, 4) is 5.75 Å². The number of anilines is 1. The highest BCUT2D eigenvalue weighted by atomic mass is 16.5. The maximum absolute atomic E-state index is 12.0. The van der Waals surface area contributed by atoms with E-state index in [1.54, 1.807) is 38.7 Å². The van der Waals surface area contributed by atoms with E-state index in [4.69, 9.17) is 4.74 Å². The van der Waals surface area contributed by atoms with E-state index in [0.29, 0.717) is 17.6 Å². The lowest BCUT2D eigenvalue weighted by Crippen LogP contribution is -2.41. The third-order valence-electron chi connectivity index (χ3n) is 4.14. The molecule has 0 aliphatic carbocycles. The van der Waals surface area contributed by atoms with Crippen LogP contribution in [0.1, 0.15) is 24.8 Å². The summed E-state index contributed by atoms with van der Waals surface area (Å²) in [6, 6.07) is 11.7. The van der Waals surface area contributed by atoms with Crippen LogP contribution in [0.4, 0.5) is 5.69 Å². The molecule has 0 fully saturated rings. The molecule has 3 N–H and O–H groups in total. The van der Waals surface area contributed by atoms with E-state index < -0.39 is 0 Å². The molecule has 2 rings (SSSR count). The van der Waals surface area contributed by atoms with Crippen LogP contribution in [0.15, 0.2) is 53.8 Å². The second-order valence-electron chi connectivity index (χ2n) is 6.11. The summed E-state index contributed by atoms with van der Waals surface area (Å²) in [5.74, 6) is 1.70. The summed E-state index contributed by atoms with van der Waals surface area (Å²) in [4.78, 5) is 20.1. The summed E-state index contributed by atoms with van der Waals surface area (Å²) in [7, 11) is 3.35. The Morgan fingerprint density at radius 3 is 2.63 bits per heavy atom. The minimum absolute atomic E-state index is 0.128. The summed E-state index contributed by atoms with van der Waals surface area (Å²) in [5.41, 5.74) is 1.93. The smallest absolute Gasteiger partial charge is 0.243 e. The van der Waals surface area contributed by atoms with Crippen LogP contribution in [-0.4, -0.2) is 44.1 Å². The number of amides is 1. The number of aromatic nitrogens is 1. The topological polar surface area (TPSA) is 87.6 Å². The van der Waals surface area contributed by atoms with E-state index >= 15 is 0 Å². The van der Waals surface area contributed by atoms with Crippen LogP contribution in [0, 0.1) is 0 Å². The lowest BCUT2D eigenvalue weighted by atomic mass is 9.98. The number of guanidine groups is 1. The number of nitrogens with one attached hydrogen (secondary N) is 3. The fourth-order valence-corrected chi connectivity index (χ4v) is 2.53. The number of aliphatic imine (C=N–C) groups is 1. The quantitative estimate of drug-likeness (QED) is 0.491. The Labute approximate surface area is 160 Å². The van der Waals surface area contributed by atoms with Gasteiger partial charge in [0.25, 0.3) is 0 Å². The Balaban J connectivity index is 1.70. The molecule has 0 saturated heterocycles. The van der Waals surface area contributed by atoms with E-state index in [0.717, 1.165) is 18.7 Å². The molecule has 0 spiro atoms. The number of hydrogen-bond donors (Lipinski definition) is 3. The molecule has 2 aromatic rings. The fourth-order valence-electron chi connectivity index (χ4n) is 2.53. The van der Waals surface area contributed by atoms with E-state index in [1.807, 2.05) is 12.1 Å². The van der Waals surface area contributed by atoms with Gasteiger partial charge in [-0.3, -0.25) is 14.8 Å². The first-order chi connectivity index (χ1) is 13.1. The molecule has 1 aromatic carbocycles. The normalized spacial score (nSPS) is 12.2. The summed E-state index contributed by atoms with van der Waals surface area (Å²) < 4.78 is 5.19. The van der Waals surface area contributed by atoms with Gasteiger partial charge in [-0.05, 0) is 42.2 Å². The van der Waals surface area contributed by atoms with Gasteiger partial charge in [-0.15, -0.1) is 0 Å². The van der Waals surface area contributed by atoms with Gasteiger partial charge in [-0.2, -0.15) is 0 Å². The van der Waals surface area contributed by atoms with Gasteiger partial charge in [0.1, 0.15) is 5.75 Å². The van der Waals surface area contributed by atoms with Crippen LogP contribution < -0.4 is 20.7 Å². The van der Waals surface area contributed by atoms with Crippen molar-refractivity contribution in [3.63, 3.8) is 0 Å². The van der Waals surface area contributed by atoms with Crippen molar-refractivity contribution in [2.75, 3.05) is 32.6 Å². The van der Waals surface area contributed by atoms with Crippen LogP contribution >= 0.6 is 0 Å². The molecular weight excluding hydrogens is 342 g/mol. The molecule has 0 bridgehead atoms. The molecule has 7 nitrogen and oxygen atoms in total. The van der Waals surface area contributed by atoms with Crippen molar-refractivity contribution >= 4 is 17.6 Å². The van der Waals surface area contributed by atoms with Gasteiger partial charge in [0.2, 0.25) is 5.91 Å². The molecule has 1 amide bonds. The van der Waals surface area contributed by atoms with E-state index in [-0.39, 0.29) is 12.5 Å². The molecule has 0 aliphatic rings. The molecule has 1 aromatic heterocycles. The van der Waals surface area contributed by atoms with Gasteiger partial charge in [0.15, 0.2) is 5.96 Å². The fraction of sp³-hybridized carbons (Fsp3) is 0.350. The van der Waals surface area contributed by atoms with Crippen molar-refractivity contribution in [1.82, 2.24) is 15.6 Å². The standard InChI is InChI=1S/C20H27N5O2/c1-15(16-6-8-18(27-3)9-7-16)10-12-23-20(21-2)24-14-19(26)25-17-5-4-11-22-13-17/h4-9,11,13,15H,10,12,14H2,1-3H3,(H,25,26)(H2,21,23,24). The molecule has 0 aliphatic heterocycles. The Hall–Kier alpha value is -3.09. The van der Waals surface area contributed by atoms with Gasteiger partial charge in [-0.1, -0.05) is 19.1 Å². The van der Waals surface area contributed by atoms with Gasteiger partial charge in [0, 0.05) is 19.8 Å². The molecule has 0 saturated carbocycles. The average molecular weight is 369 g/mol. The maximum atomic E-state index is 12.0. The van der Waals surface area contributed by atoms with Crippen LogP contribution in [-0.2, 0) is 4.79 Å². The highest BCUT2D eigenvalue weighted by Crippen LogP contribution is 2.21. The van der Waals surface area contributed by atoms with Crippen LogP contribution in [0.25, 0.3) is 0 Å². The lowest BCUT2D eigenvalue weighted by Gasteiger charge is -2.15. The SMILES string of the molecule is CN=C(NCCC(C)c1ccc(OC)cc1)NCC(=O)Nc1cccnc1. The largest absolute Gasteiger partial charge is 0.497 e. The summed E-state index contributed by atoms with van der Waals surface area (Å²) in [6.07, 6.45) is 4.20. The number of nitrogens with zero attached hydrogens (tertiary/aromatic N) is 2. The number of ether oxygens (including phenoxy) is 1. The second-order valence-corrected chi connectivity index (χ2v) is 6.11. The number of carbonyl (C=O) groups is 1. The minimum Gasteiger partial charge on any atom is -0.497 e.